The van der Waals surface area contributed by atoms with E-state index in [1.54, 1.807) is 0 Å². The molecule has 2 atom stereocenters. The Hall–Kier alpha value is -2.13. The van der Waals surface area contributed by atoms with E-state index in [0.29, 0.717) is 18.9 Å². The first-order valence-electron chi connectivity index (χ1n) is 9.33. The maximum atomic E-state index is 13.0. The zero-order chi connectivity index (χ0) is 17.5. The minimum Gasteiger partial charge on any atom is -0.332 e. The lowest BCUT2D eigenvalue weighted by molar-refractivity contribution is -0.134. The van der Waals surface area contributed by atoms with Gasteiger partial charge in [0, 0.05) is 13.0 Å². The van der Waals surface area contributed by atoms with Crippen molar-refractivity contribution in [1.29, 1.82) is 0 Å². The Morgan fingerprint density at radius 1 is 1.12 bits per heavy atom. The molecule has 2 aromatic carbocycles. The molecule has 0 aromatic heterocycles. The van der Waals surface area contributed by atoms with Crippen molar-refractivity contribution in [3.05, 3.63) is 71.8 Å². The van der Waals surface area contributed by atoms with Crippen LogP contribution in [0.2, 0.25) is 0 Å². The van der Waals surface area contributed by atoms with Crippen LogP contribution in [0.4, 0.5) is 0 Å². The summed E-state index contributed by atoms with van der Waals surface area (Å²) in [5, 5.41) is 3.39. The highest BCUT2D eigenvalue weighted by Crippen LogP contribution is 2.25. The number of nitrogens with one attached hydrogen (secondary N) is 1. The highest BCUT2D eigenvalue weighted by atomic mass is 16.2. The molecule has 1 heterocycles. The van der Waals surface area contributed by atoms with Crippen molar-refractivity contribution in [2.24, 2.45) is 5.92 Å². The van der Waals surface area contributed by atoms with Crippen LogP contribution in [0.5, 0.6) is 0 Å². The summed E-state index contributed by atoms with van der Waals surface area (Å²) in [7, 11) is 0. The van der Waals surface area contributed by atoms with Gasteiger partial charge in [-0.3, -0.25) is 4.79 Å². The average Bonchev–Trinajstić information content (AvgIpc) is 3.19. The Labute approximate surface area is 151 Å². The van der Waals surface area contributed by atoms with Gasteiger partial charge in [0.1, 0.15) is 0 Å². The van der Waals surface area contributed by atoms with E-state index in [4.69, 9.17) is 0 Å². The molecular weight excluding hydrogens is 308 g/mol. The van der Waals surface area contributed by atoms with Gasteiger partial charge in [-0.2, -0.15) is 0 Å². The van der Waals surface area contributed by atoms with Crippen molar-refractivity contribution >= 4 is 5.91 Å². The number of carbonyl (C=O) groups excluding carboxylic acids is 1. The van der Waals surface area contributed by atoms with Crippen LogP contribution in [0, 0.1) is 5.92 Å². The highest BCUT2D eigenvalue weighted by Gasteiger charge is 2.23. The number of benzene rings is 2. The number of hydrogen-bond acceptors (Lipinski definition) is 2. The fourth-order valence-corrected chi connectivity index (χ4v) is 3.56. The van der Waals surface area contributed by atoms with Crippen LogP contribution in [0.1, 0.15) is 43.4 Å². The number of carbonyl (C=O) groups is 1. The molecule has 0 bridgehead atoms. The highest BCUT2D eigenvalue weighted by molar-refractivity contribution is 5.76. The summed E-state index contributed by atoms with van der Waals surface area (Å²) in [6, 6.07) is 20.7. The molecular formula is C22H28N2O. The molecule has 2 unspecified atom stereocenters. The van der Waals surface area contributed by atoms with Gasteiger partial charge in [-0.05, 0) is 49.9 Å². The van der Waals surface area contributed by atoms with E-state index in [9.17, 15) is 4.79 Å². The topological polar surface area (TPSA) is 32.3 Å². The minimum atomic E-state index is 0.0793. The summed E-state index contributed by atoms with van der Waals surface area (Å²) in [6.45, 7) is 4.94. The zero-order valence-electron chi connectivity index (χ0n) is 15.0. The molecule has 0 aliphatic carbocycles. The van der Waals surface area contributed by atoms with Crippen LogP contribution in [-0.2, 0) is 11.3 Å². The predicted octanol–water partition coefficient (Wildman–Crippen LogP) is 4.17. The van der Waals surface area contributed by atoms with Crippen LogP contribution in [0.3, 0.4) is 0 Å². The lowest BCUT2D eigenvalue weighted by Crippen LogP contribution is -2.33. The Bertz CT molecular complexity index is 650. The van der Waals surface area contributed by atoms with Crippen molar-refractivity contribution in [3.8, 4) is 0 Å². The van der Waals surface area contributed by atoms with E-state index in [0.717, 1.165) is 19.5 Å². The lowest BCUT2D eigenvalue weighted by Gasteiger charge is -2.30. The first kappa shape index (κ1) is 17.7. The zero-order valence-corrected chi connectivity index (χ0v) is 15.0. The Morgan fingerprint density at radius 3 is 2.44 bits per heavy atom. The monoisotopic (exact) mass is 336 g/mol. The predicted molar refractivity (Wildman–Crippen MR) is 102 cm³/mol. The molecule has 132 valence electrons. The van der Waals surface area contributed by atoms with Gasteiger partial charge in [-0.1, -0.05) is 60.7 Å². The molecule has 1 saturated heterocycles. The van der Waals surface area contributed by atoms with E-state index >= 15 is 0 Å². The van der Waals surface area contributed by atoms with Gasteiger partial charge in [0.2, 0.25) is 5.91 Å². The van der Waals surface area contributed by atoms with E-state index in [-0.39, 0.29) is 11.9 Å². The number of rotatable bonds is 7. The summed E-state index contributed by atoms with van der Waals surface area (Å²) < 4.78 is 0. The molecule has 0 saturated carbocycles. The second kappa shape index (κ2) is 8.82. The van der Waals surface area contributed by atoms with Gasteiger partial charge in [0.05, 0.1) is 6.04 Å². The summed E-state index contributed by atoms with van der Waals surface area (Å²) in [5.74, 6) is 0.904. The van der Waals surface area contributed by atoms with Crippen molar-refractivity contribution < 1.29 is 4.79 Å². The van der Waals surface area contributed by atoms with Crippen LogP contribution in [0.15, 0.2) is 60.7 Å². The Kier molecular flexibility index (Phi) is 6.24. The first-order chi connectivity index (χ1) is 12.2. The van der Waals surface area contributed by atoms with E-state index in [1.165, 1.54) is 17.5 Å². The molecule has 0 radical (unpaired) electrons. The molecule has 25 heavy (non-hydrogen) atoms. The molecule has 0 spiro atoms. The third-order valence-corrected chi connectivity index (χ3v) is 5.19. The number of amides is 1. The normalized spacial score (nSPS) is 18.0. The van der Waals surface area contributed by atoms with Crippen molar-refractivity contribution in [2.75, 3.05) is 13.1 Å². The molecule has 3 rings (SSSR count). The molecule has 1 amide bonds. The quantitative estimate of drug-likeness (QED) is 0.823. The van der Waals surface area contributed by atoms with Crippen molar-refractivity contribution in [3.63, 3.8) is 0 Å². The van der Waals surface area contributed by atoms with Crippen LogP contribution in [0.25, 0.3) is 0 Å². The Morgan fingerprint density at radius 2 is 1.80 bits per heavy atom. The van der Waals surface area contributed by atoms with Gasteiger partial charge in [-0.25, -0.2) is 0 Å². The molecule has 2 aromatic rings. The SMILES string of the molecule is CC(c1ccccc1)N(Cc1ccccc1)C(=O)CCC1CCNC1. The second-order valence-electron chi connectivity index (χ2n) is 6.99. The van der Waals surface area contributed by atoms with E-state index in [2.05, 4.69) is 36.5 Å². The minimum absolute atomic E-state index is 0.0793. The second-order valence-corrected chi connectivity index (χ2v) is 6.99. The summed E-state index contributed by atoms with van der Waals surface area (Å²) in [4.78, 5) is 15.1. The summed E-state index contributed by atoms with van der Waals surface area (Å²) in [5.41, 5.74) is 2.37. The van der Waals surface area contributed by atoms with Gasteiger partial charge < -0.3 is 10.2 Å². The van der Waals surface area contributed by atoms with E-state index < -0.39 is 0 Å². The summed E-state index contributed by atoms with van der Waals surface area (Å²) >= 11 is 0. The fourth-order valence-electron chi connectivity index (χ4n) is 3.56. The number of hydrogen-bond donors (Lipinski definition) is 1. The maximum absolute atomic E-state index is 13.0. The van der Waals surface area contributed by atoms with E-state index in [1.807, 2.05) is 41.3 Å². The largest absolute Gasteiger partial charge is 0.332 e. The Balaban J connectivity index is 1.71. The van der Waals surface area contributed by atoms with Crippen molar-refractivity contribution in [1.82, 2.24) is 10.2 Å². The smallest absolute Gasteiger partial charge is 0.223 e. The lowest BCUT2D eigenvalue weighted by atomic mass is 10.0. The molecule has 1 aliphatic rings. The third-order valence-electron chi connectivity index (χ3n) is 5.19. The van der Waals surface area contributed by atoms with Crippen molar-refractivity contribution in [2.45, 2.75) is 38.8 Å². The van der Waals surface area contributed by atoms with Crippen LogP contribution < -0.4 is 5.32 Å². The number of nitrogens with zero attached hydrogens (tertiary/aromatic N) is 1. The maximum Gasteiger partial charge on any atom is 0.223 e. The van der Waals surface area contributed by atoms with Gasteiger partial charge in [-0.15, -0.1) is 0 Å². The van der Waals surface area contributed by atoms with Gasteiger partial charge in [0.15, 0.2) is 0 Å². The molecule has 1 N–H and O–H groups in total. The third kappa shape index (κ3) is 4.93. The standard InChI is InChI=1S/C22H28N2O/c1-18(21-10-6-3-7-11-21)24(17-20-8-4-2-5-9-20)22(25)13-12-19-14-15-23-16-19/h2-11,18-19,23H,12-17H2,1H3. The van der Waals surface area contributed by atoms with Gasteiger partial charge in [0.25, 0.3) is 0 Å². The van der Waals surface area contributed by atoms with Gasteiger partial charge >= 0.3 is 0 Å². The molecule has 1 fully saturated rings. The molecule has 3 nitrogen and oxygen atoms in total. The molecule has 3 heteroatoms. The average molecular weight is 336 g/mol. The molecule has 1 aliphatic heterocycles. The van der Waals surface area contributed by atoms with Crippen LogP contribution in [-0.4, -0.2) is 23.9 Å². The fraction of sp³-hybridized carbons (Fsp3) is 0.409. The van der Waals surface area contributed by atoms with Crippen LogP contribution >= 0.6 is 0 Å². The summed E-state index contributed by atoms with van der Waals surface area (Å²) in [6.07, 6.45) is 2.81. The first-order valence-corrected chi connectivity index (χ1v) is 9.33.